The highest BCUT2D eigenvalue weighted by Gasteiger charge is 2.20. The van der Waals surface area contributed by atoms with Crippen LogP contribution in [-0.4, -0.2) is 16.1 Å². The highest BCUT2D eigenvalue weighted by molar-refractivity contribution is 9.10. The number of thiazole rings is 1. The van der Waals surface area contributed by atoms with Crippen LogP contribution in [0.5, 0.6) is 0 Å². The van der Waals surface area contributed by atoms with E-state index in [-0.39, 0.29) is 10.8 Å². The molecule has 0 bridgehead atoms. The molecule has 0 aliphatic rings. The van der Waals surface area contributed by atoms with Gasteiger partial charge in [0, 0.05) is 10.0 Å². The summed E-state index contributed by atoms with van der Waals surface area (Å²) in [5.74, 6) is -1.13. The quantitative estimate of drug-likeness (QED) is 0.869. The fourth-order valence-corrected chi connectivity index (χ4v) is 3.13. The van der Waals surface area contributed by atoms with E-state index in [2.05, 4.69) is 20.9 Å². The fourth-order valence-electron chi connectivity index (χ4n) is 1.82. The van der Waals surface area contributed by atoms with Gasteiger partial charge in [0.05, 0.1) is 5.69 Å². The molecule has 1 aromatic heterocycles. The number of benzene rings is 1. The lowest BCUT2D eigenvalue weighted by Crippen LogP contribution is -2.02. The fraction of sp³-hybridized carbons (Fsp3) is 0.286. The molecule has 0 spiro atoms. The molecule has 0 amide bonds. The average molecular weight is 358 g/mol. The molecule has 106 valence electrons. The van der Waals surface area contributed by atoms with Crippen molar-refractivity contribution in [1.82, 2.24) is 4.98 Å². The molecule has 1 aromatic carbocycles. The summed E-state index contributed by atoms with van der Waals surface area (Å²) in [6.07, 6.45) is 0.563. The average Bonchev–Trinajstić information content (AvgIpc) is 2.75. The van der Waals surface area contributed by atoms with Crippen molar-refractivity contribution in [3.63, 3.8) is 0 Å². The Morgan fingerprint density at radius 1 is 1.50 bits per heavy atom. The van der Waals surface area contributed by atoms with E-state index in [0.29, 0.717) is 22.7 Å². The van der Waals surface area contributed by atoms with E-state index in [1.54, 1.807) is 12.1 Å². The lowest BCUT2D eigenvalue weighted by atomic mass is 10.1. The van der Waals surface area contributed by atoms with Crippen LogP contribution in [0.1, 0.15) is 29.2 Å². The maximum atomic E-state index is 13.9. The molecule has 0 saturated heterocycles. The van der Waals surface area contributed by atoms with Crippen molar-refractivity contribution in [3.8, 4) is 10.6 Å². The first-order valence-electron chi connectivity index (χ1n) is 6.07. The molecule has 20 heavy (non-hydrogen) atoms. The number of hydrogen-bond acceptors (Lipinski definition) is 3. The van der Waals surface area contributed by atoms with Crippen molar-refractivity contribution in [2.24, 2.45) is 5.92 Å². The number of carboxylic acid groups (broad SMARTS) is 1. The number of hydrogen-bond donors (Lipinski definition) is 1. The van der Waals surface area contributed by atoms with Crippen molar-refractivity contribution < 1.29 is 14.3 Å². The van der Waals surface area contributed by atoms with Crippen LogP contribution in [0.25, 0.3) is 10.6 Å². The summed E-state index contributed by atoms with van der Waals surface area (Å²) in [4.78, 5) is 15.8. The Labute approximate surface area is 128 Å². The minimum Gasteiger partial charge on any atom is -0.477 e. The van der Waals surface area contributed by atoms with Crippen LogP contribution in [-0.2, 0) is 6.42 Å². The Morgan fingerprint density at radius 2 is 2.20 bits per heavy atom. The molecule has 0 radical (unpaired) electrons. The van der Waals surface area contributed by atoms with Gasteiger partial charge in [-0.2, -0.15) is 0 Å². The Bertz CT molecular complexity index is 655. The number of carboxylic acids is 1. The summed E-state index contributed by atoms with van der Waals surface area (Å²) in [5.41, 5.74) is 0.841. The third-order valence-electron chi connectivity index (χ3n) is 2.65. The molecule has 0 unspecified atom stereocenters. The minimum atomic E-state index is -1.01. The van der Waals surface area contributed by atoms with Crippen LogP contribution in [0.2, 0.25) is 0 Å². The van der Waals surface area contributed by atoms with Gasteiger partial charge in [-0.3, -0.25) is 0 Å². The second-order valence-electron chi connectivity index (χ2n) is 4.82. The van der Waals surface area contributed by atoms with Crippen LogP contribution in [0, 0.1) is 11.7 Å². The summed E-state index contributed by atoms with van der Waals surface area (Å²) in [5, 5.41) is 9.63. The number of nitrogens with zero attached hydrogens (tertiary/aromatic N) is 1. The van der Waals surface area contributed by atoms with Gasteiger partial charge in [0.25, 0.3) is 0 Å². The molecule has 1 N–H and O–H groups in total. The second-order valence-corrected chi connectivity index (χ2v) is 6.74. The highest BCUT2D eigenvalue weighted by Crippen LogP contribution is 2.32. The molecule has 0 saturated carbocycles. The van der Waals surface area contributed by atoms with Crippen molar-refractivity contribution in [2.75, 3.05) is 0 Å². The maximum Gasteiger partial charge on any atom is 0.347 e. The van der Waals surface area contributed by atoms with Crippen LogP contribution >= 0.6 is 27.3 Å². The highest BCUT2D eigenvalue weighted by atomic mass is 79.9. The van der Waals surface area contributed by atoms with E-state index >= 15 is 0 Å². The van der Waals surface area contributed by atoms with E-state index in [9.17, 15) is 14.3 Å². The molecule has 0 fully saturated rings. The van der Waals surface area contributed by atoms with Crippen molar-refractivity contribution in [2.45, 2.75) is 20.3 Å². The topological polar surface area (TPSA) is 50.2 Å². The lowest BCUT2D eigenvalue weighted by molar-refractivity contribution is 0.0700. The van der Waals surface area contributed by atoms with Gasteiger partial charge in [0.15, 0.2) is 0 Å². The lowest BCUT2D eigenvalue weighted by Gasteiger charge is -2.02. The SMILES string of the molecule is CC(C)Cc1nc(-c2cc(Br)ccc2F)sc1C(=O)O. The molecule has 2 aromatic rings. The first-order chi connectivity index (χ1) is 9.38. The smallest absolute Gasteiger partial charge is 0.347 e. The van der Waals surface area contributed by atoms with Gasteiger partial charge in [0.2, 0.25) is 0 Å². The molecule has 1 heterocycles. The summed E-state index contributed by atoms with van der Waals surface area (Å²) >= 11 is 4.30. The van der Waals surface area contributed by atoms with E-state index in [1.807, 2.05) is 13.8 Å². The Hall–Kier alpha value is -1.27. The molecular formula is C14H13BrFNO2S. The maximum absolute atomic E-state index is 13.9. The van der Waals surface area contributed by atoms with E-state index in [0.717, 1.165) is 15.8 Å². The van der Waals surface area contributed by atoms with Crippen LogP contribution in [0.15, 0.2) is 22.7 Å². The van der Waals surface area contributed by atoms with Crippen LogP contribution < -0.4 is 0 Å². The van der Waals surface area contributed by atoms with Gasteiger partial charge < -0.3 is 5.11 Å². The monoisotopic (exact) mass is 357 g/mol. The zero-order valence-corrected chi connectivity index (χ0v) is 13.4. The molecule has 2 rings (SSSR count). The number of aromatic carboxylic acids is 1. The van der Waals surface area contributed by atoms with Gasteiger partial charge in [0.1, 0.15) is 15.7 Å². The molecular weight excluding hydrogens is 345 g/mol. The van der Waals surface area contributed by atoms with Gasteiger partial charge in [-0.25, -0.2) is 14.2 Å². The third kappa shape index (κ3) is 3.24. The normalized spacial score (nSPS) is 11.1. The zero-order chi connectivity index (χ0) is 14.9. The predicted octanol–water partition coefficient (Wildman–Crippen LogP) is 4.61. The third-order valence-corrected chi connectivity index (χ3v) is 4.26. The number of halogens is 2. The zero-order valence-electron chi connectivity index (χ0n) is 11.0. The summed E-state index contributed by atoms with van der Waals surface area (Å²) < 4.78 is 14.6. The molecule has 0 aliphatic heterocycles. The van der Waals surface area contributed by atoms with Crippen molar-refractivity contribution >= 4 is 33.2 Å². The largest absolute Gasteiger partial charge is 0.477 e. The van der Waals surface area contributed by atoms with Crippen molar-refractivity contribution in [1.29, 1.82) is 0 Å². The van der Waals surface area contributed by atoms with Gasteiger partial charge in [-0.05, 0) is 30.5 Å². The Kier molecular flexibility index (Phi) is 4.55. The predicted molar refractivity (Wildman–Crippen MR) is 80.7 cm³/mol. The number of rotatable bonds is 4. The first-order valence-corrected chi connectivity index (χ1v) is 7.68. The van der Waals surface area contributed by atoms with Gasteiger partial charge in [-0.1, -0.05) is 29.8 Å². The standard InChI is InChI=1S/C14H13BrFNO2S/c1-7(2)5-11-12(14(18)19)20-13(17-11)9-6-8(15)3-4-10(9)16/h3-4,6-7H,5H2,1-2H3,(H,18,19). The van der Waals surface area contributed by atoms with Crippen LogP contribution in [0.4, 0.5) is 4.39 Å². The Morgan fingerprint density at radius 3 is 2.80 bits per heavy atom. The Balaban J connectivity index is 2.52. The molecule has 0 atom stereocenters. The van der Waals surface area contributed by atoms with E-state index in [4.69, 9.17) is 0 Å². The summed E-state index contributed by atoms with van der Waals surface area (Å²) in [6, 6.07) is 4.54. The van der Waals surface area contributed by atoms with Crippen molar-refractivity contribution in [3.05, 3.63) is 39.1 Å². The molecule has 6 heteroatoms. The number of carbonyl (C=O) groups is 1. The molecule has 3 nitrogen and oxygen atoms in total. The number of aromatic nitrogens is 1. The van der Waals surface area contributed by atoms with E-state index in [1.165, 1.54) is 6.07 Å². The molecule has 0 aliphatic carbocycles. The van der Waals surface area contributed by atoms with Gasteiger partial charge >= 0.3 is 5.97 Å². The van der Waals surface area contributed by atoms with E-state index < -0.39 is 11.8 Å². The summed E-state index contributed by atoms with van der Waals surface area (Å²) in [6.45, 7) is 3.98. The summed E-state index contributed by atoms with van der Waals surface area (Å²) in [7, 11) is 0. The van der Waals surface area contributed by atoms with Gasteiger partial charge in [-0.15, -0.1) is 11.3 Å². The van der Waals surface area contributed by atoms with Crippen LogP contribution in [0.3, 0.4) is 0 Å². The first kappa shape index (κ1) is 15.1. The second kappa shape index (κ2) is 6.01. The minimum absolute atomic E-state index is 0.188.